The molecule has 1 amide bonds. The third-order valence-electron chi connectivity index (χ3n) is 5.21. The van der Waals surface area contributed by atoms with Gasteiger partial charge in [0, 0.05) is 41.6 Å². The van der Waals surface area contributed by atoms with Crippen molar-refractivity contribution in [1.29, 1.82) is 0 Å². The van der Waals surface area contributed by atoms with Crippen LogP contribution in [0.4, 0.5) is 0 Å². The number of nitrogens with zero attached hydrogens (tertiary/aromatic N) is 3. The Morgan fingerprint density at radius 2 is 1.77 bits per heavy atom. The van der Waals surface area contributed by atoms with Crippen LogP contribution in [0.2, 0.25) is 10.0 Å². The van der Waals surface area contributed by atoms with E-state index in [1.807, 2.05) is 10.8 Å². The van der Waals surface area contributed by atoms with E-state index < -0.39 is 17.7 Å². The van der Waals surface area contributed by atoms with Crippen LogP contribution in [0, 0.1) is 0 Å². The zero-order valence-corrected chi connectivity index (χ0v) is 17.8. The zero-order valence-electron chi connectivity index (χ0n) is 16.2. The summed E-state index contributed by atoms with van der Waals surface area (Å²) in [4.78, 5) is 18.5. The van der Waals surface area contributed by atoms with E-state index >= 15 is 0 Å². The minimum atomic E-state index is -0.809. The molecule has 0 fully saturated rings. The lowest BCUT2D eigenvalue weighted by Gasteiger charge is -2.28. The minimum absolute atomic E-state index is 0.0461. The molecule has 160 valence electrons. The molecule has 1 unspecified atom stereocenters. The standard InChI is InChI=1S/C22H19Cl2N3O4/c23-14-10-16(20(29)17(24)11-14)19-18(13-2-4-15(28)5-3-13)21(30)22(31)27(19)8-1-7-26-9-6-25-12-26/h2-6,9-12,19,28-30H,1,7-8H2. The Morgan fingerprint density at radius 1 is 1.03 bits per heavy atom. The number of aromatic nitrogens is 2. The SMILES string of the molecule is O=C1C(O)=C(c2ccc(O)cc2)C(c2cc(Cl)cc(Cl)c2O)N1CCCn1ccnc1. The van der Waals surface area contributed by atoms with Gasteiger partial charge in [0.05, 0.1) is 17.4 Å². The van der Waals surface area contributed by atoms with Crippen LogP contribution in [0.3, 0.4) is 0 Å². The Balaban J connectivity index is 1.76. The summed E-state index contributed by atoms with van der Waals surface area (Å²) >= 11 is 12.3. The highest BCUT2D eigenvalue weighted by atomic mass is 35.5. The van der Waals surface area contributed by atoms with E-state index in [4.69, 9.17) is 23.2 Å². The van der Waals surface area contributed by atoms with Gasteiger partial charge in [0.2, 0.25) is 0 Å². The Kier molecular flexibility index (Phi) is 5.80. The van der Waals surface area contributed by atoms with Gasteiger partial charge in [-0.1, -0.05) is 35.3 Å². The number of hydrogen-bond donors (Lipinski definition) is 3. The fourth-order valence-corrected chi connectivity index (χ4v) is 4.29. The molecule has 1 atom stereocenters. The number of carbonyl (C=O) groups is 1. The number of aliphatic hydroxyl groups excluding tert-OH is 1. The Labute approximate surface area is 188 Å². The second-order valence-electron chi connectivity index (χ2n) is 7.19. The molecule has 3 aromatic rings. The highest BCUT2D eigenvalue weighted by Crippen LogP contribution is 2.48. The summed E-state index contributed by atoms with van der Waals surface area (Å²) in [5, 5.41) is 31.4. The number of rotatable bonds is 6. The molecule has 1 aromatic heterocycles. The van der Waals surface area contributed by atoms with Crippen molar-refractivity contribution in [3.8, 4) is 11.5 Å². The third-order valence-corrected chi connectivity index (χ3v) is 5.72. The van der Waals surface area contributed by atoms with Crippen LogP contribution in [-0.4, -0.2) is 42.2 Å². The van der Waals surface area contributed by atoms with E-state index in [0.717, 1.165) is 0 Å². The van der Waals surface area contributed by atoms with Gasteiger partial charge in [-0.25, -0.2) is 4.98 Å². The normalized spacial score (nSPS) is 16.4. The van der Waals surface area contributed by atoms with Gasteiger partial charge in [-0.05, 0) is 36.2 Å². The maximum absolute atomic E-state index is 13.0. The predicted molar refractivity (Wildman–Crippen MR) is 117 cm³/mol. The zero-order chi connectivity index (χ0) is 22.1. The fourth-order valence-electron chi connectivity index (χ4n) is 3.78. The van der Waals surface area contributed by atoms with E-state index in [1.54, 1.807) is 24.7 Å². The average molecular weight is 460 g/mol. The first-order valence-corrected chi connectivity index (χ1v) is 10.3. The quantitative estimate of drug-likeness (QED) is 0.502. The van der Waals surface area contributed by atoms with Crippen molar-refractivity contribution in [2.24, 2.45) is 0 Å². The summed E-state index contributed by atoms with van der Waals surface area (Å²) < 4.78 is 1.89. The lowest BCUT2D eigenvalue weighted by Crippen LogP contribution is -2.32. The van der Waals surface area contributed by atoms with Gasteiger partial charge in [-0.15, -0.1) is 0 Å². The van der Waals surface area contributed by atoms with Crippen molar-refractivity contribution < 1.29 is 20.1 Å². The first-order valence-electron chi connectivity index (χ1n) is 9.54. The highest BCUT2D eigenvalue weighted by Gasteiger charge is 2.42. The van der Waals surface area contributed by atoms with Crippen molar-refractivity contribution in [3.63, 3.8) is 0 Å². The number of hydrogen-bond acceptors (Lipinski definition) is 5. The summed E-state index contributed by atoms with van der Waals surface area (Å²) in [6, 6.07) is 8.25. The molecule has 2 heterocycles. The van der Waals surface area contributed by atoms with Gasteiger partial charge >= 0.3 is 0 Å². The van der Waals surface area contributed by atoms with Crippen LogP contribution in [-0.2, 0) is 11.3 Å². The maximum atomic E-state index is 13.0. The Bertz CT molecular complexity index is 1140. The number of benzene rings is 2. The van der Waals surface area contributed by atoms with E-state index in [-0.39, 0.29) is 16.5 Å². The van der Waals surface area contributed by atoms with Gasteiger partial charge in [-0.2, -0.15) is 0 Å². The molecule has 4 rings (SSSR count). The van der Waals surface area contributed by atoms with Crippen molar-refractivity contribution in [2.45, 2.75) is 19.0 Å². The first-order chi connectivity index (χ1) is 14.9. The molecule has 3 N–H and O–H groups in total. The second kappa shape index (κ2) is 8.53. The van der Waals surface area contributed by atoms with Gasteiger partial charge in [0.25, 0.3) is 5.91 Å². The summed E-state index contributed by atoms with van der Waals surface area (Å²) in [7, 11) is 0. The van der Waals surface area contributed by atoms with Crippen molar-refractivity contribution >= 4 is 34.7 Å². The number of aromatic hydroxyl groups is 2. The summed E-state index contributed by atoms with van der Waals surface area (Å²) in [6.07, 6.45) is 5.77. The third kappa shape index (κ3) is 4.06. The molecule has 1 aliphatic heterocycles. The van der Waals surface area contributed by atoms with E-state index in [0.29, 0.717) is 41.2 Å². The molecular weight excluding hydrogens is 441 g/mol. The number of amides is 1. The van der Waals surface area contributed by atoms with E-state index in [9.17, 15) is 20.1 Å². The molecule has 0 radical (unpaired) electrons. The molecule has 0 bridgehead atoms. The number of aryl methyl sites for hydroxylation is 1. The largest absolute Gasteiger partial charge is 0.508 e. The van der Waals surface area contributed by atoms with Crippen molar-refractivity contribution in [1.82, 2.24) is 14.5 Å². The maximum Gasteiger partial charge on any atom is 0.289 e. The molecule has 0 aliphatic carbocycles. The topological polar surface area (TPSA) is 98.8 Å². The van der Waals surface area contributed by atoms with Crippen LogP contribution in [0.25, 0.3) is 5.57 Å². The monoisotopic (exact) mass is 459 g/mol. The fraction of sp³-hybridized carbons (Fsp3) is 0.182. The van der Waals surface area contributed by atoms with Gasteiger partial charge in [0.15, 0.2) is 5.76 Å². The van der Waals surface area contributed by atoms with Gasteiger partial charge in [-0.3, -0.25) is 4.79 Å². The van der Waals surface area contributed by atoms with Gasteiger partial charge in [0.1, 0.15) is 11.5 Å². The number of aliphatic hydroxyl groups is 1. The van der Waals surface area contributed by atoms with E-state index in [2.05, 4.69) is 4.98 Å². The molecule has 0 spiro atoms. The lowest BCUT2D eigenvalue weighted by atomic mass is 9.92. The number of phenolic OH excluding ortho intramolecular Hbond substituents is 2. The highest BCUT2D eigenvalue weighted by molar-refractivity contribution is 6.35. The predicted octanol–water partition coefficient (Wildman–Crippen LogP) is 4.54. The minimum Gasteiger partial charge on any atom is -0.508 e. The number of imidazole rings is 1. The molecule has 7 nitrogen and oxygen atoms in total. The van der Waals surface area contributed by atoms with Gasteiger partial charge < -0.3 is 24.8 Å². The molecule has 0 saturated heterocycles. The summed E-state index contributed by atoms with van der Waals surface area (Å²) in [5.41, 5.74) is 1.14. The van der Waals surface area contributed by atoms with Crippen molar-refractivity contribution in [3.05, 3.63) is 82.1 Å². The number of halogens is 2. The first kappa shape index (κ1) is 21.1. The second-order valence-corrected chi connectivity index (χ2v) is 8.03. The Hall–Kier alpha value is -3.16. The van der Waals surface area contributed by atoms with Crippen LogP contribution >= 0.6 is 23.2 Å². The molecule has 1 aliphatic rings. The molecule has 2 aromatic carbocycles. The number of carbonyl (C=O) groups excluding carboxylic acids is 1. The summed E-state index contributed by atoms with van der Waals surface area (Å²) in [5.74, 6) is -1.15. The average Bonchev–Trinajstić information content (AvgIpc) is 3.34. The van der Waals surface area contributed by atoms with Crippen LogP contribution in [0.15, 0.2) is 60.9 Å². The number of phenols is 2. The molecule has 9 heteroatoms. The van der Waals surface area contributed by atoms with Crippen LogP contribution in [0.1, 0.15) is 23.6 Å². The molecule has 31 heavy (non-hydrogen) atoms. The smallest absolute Gasteiger partial charge is 0.289 e. The Morgan fingerprint density at radius 3 is 2.45 bits per heavy atom. The van der Waals surface area contributed by atoms with Crippen LogP contribution in [0.5, 0.6) is 11.5 Å². The summed E-state index contributed by atoms with van der Waals surface area (Å²) in [6.45, 7) is 0.922. The molecule has 0 saturated carbocycles. The van der Waals surface area contributed by atoms with E-state index in [1.165, 1.54) is 29.2 Å². The lowest BCUT2D eigenvalue weighted by molar-refractivity contribution is -0.129. The van der Waals surface area contributed by atoms with Crippen LogP contribution < -0.4 is 0 Å². The van der Waals surface area contributed by atoms with Crippen molar-refractivity contribution in [2.75, 3.05) is 6.54 Å². The molecular formula is C22H19Cl2N3O4.